The molecule has 9 nitrogen and oxygen atoms in total. The molecule has 0 fully saturated rings. The van der Waals surface area contributed by atoms with Gasteiger partial charge in [0.05, 0.1) is 32.5 Å². The van der Waals surface area contributed by atoms with Crippen molar-refractivity contribution in [3.8, 4) is 0 Å². The van der Waals surface area contributed by atoms with Crippen LogP contribution in [0.4, 0.5) is 0 Å². The van der Waals surface area contributed by atoms with Crippen molar-refractivity contribution in [1.29, 1.82) is 0 Å². The van der Waals surface area contributed by atoms with E-state index in [9.17, 15) is 14.4 Å². The second-order valence-corrected chi connectivity index (χ2v) is 6.22. The van der Waals surface area contributed by atoms with Gasteiger partial charge in [0, 0.05) is 17.7 Å². The smallest absolute Gasteiger partial charge is 0.333 e. The van der Waals surface area contributed by atoms with Gasteiger partial charge in [-0.2, -0.15) is 0 Å². The Balaban J connectivity index is 0. The van der Waals surface area contributed by atoms with E-state index in [0.29, 0.717) is 12.2 Å². The third kappa shape index (κ3) is 18.9. The second-order valence-electron chi connectivity index (χ2n) is 6.22. The van der Waals surface area contributed by atoms with E-state index in [1.807, 2.05) is 6.92 Å². The molecule has 3 atom stereocenters. The lowest BCUT2D eigenvalue weighted by Gasteiger charge is -2.18. The fourth-order valence-corrected chi connectivity index (χ4v) is 1.57. The molecule has 0 amide bonds. The summed E-state index contributed by atoms with van der Waals surface area (Å²) < 4.78 is 25.2. The van der Waals surface area contributed by atoms with Crippen LogP contribution in [-0.4, -0.2) is 74.4 Å². The van der Waals surface area contributed by atoms with Crippen molar-refractivity contribution < 1.29 is 43.2 Å². The van der Waals surface area contributed by atoms with E-state index in [-0.39, 0.29) is 44.7 Å². The van der Waals surface area contributed by atoms with Crippen LogP contribution < -0.4 is 0 Å². The summed E-state index contributed by atoms with van der Waals surface area (Å²) in [6.45, 7) is 17.6. The molecular formula is C21H34O9. The summed E-state index contributed by atoms with van der Waals surface area (Å²) in [5.74, 6) is -1.41. The van der Waals surface area contributed by atoms with Crippen LogP contribution in [0.3, 0.4) is 0 Å². The van der Waals surface area contributed by atoms with Crippen molar-refractivity contribution >= 4 is 17.9 Å². The maximum Gasteiger partial charge on any atom is 0.333 e. The molecule has 0 radical (unpaired) electrons. The van der Waals surface area contributed by atoms with Crippen molar-refractivity contribution in [1.82, 2.24) is 0 Å². The van der Waals surface area contributed by atoms with Gasteiger partial charge in [-0.15, -0.1) is 0 Å². The van der Waals surface area contributed by atoms with Gasteiger partial charge in [-0.1, -0.05) is 19.7 Å². The molecule has 0 aromatic rings. The van der Waals surface area contributed by atoms with Crippen LogP contribution >= 0.6 is 0 Å². The highest BCUT2D eigenvalue weighted by molar-refractivity contribution is 5.86. The number of aliphatic hydroxyl groups excluding tert-OH is 1. The fraction of sp³-hybridized carbons (Fsp3) is 0.571. The maximum absolute atomic E-state index is 11.0. The molecule has 9 heteroatoms. The Morgan fingerprint density at radius 3 is 1.80 bits per heavy atom. The third-order valence-corrected chi connectivity index (χ3v) is 2.96. The lowest BCUT2D eigenvalue weighted by atomic mass is 10.4. The summed E-state index contributed by atoms with van der Waals surface area (Å²) in [5, 5.41) is 8.19. The molecule has 0 saturated carbocycles. The minimum Gasteiger partial charge on any atom is -0.460 e. The molecule has 0 spiro atoms. The molecule has 0 aliphatic heterocycles. The first kappa shape index (κ1) is 29.7. The molecule has 3 unspecified atom stereocenters. The number of aliphatic hydroxyl groups is 1. The molecule has 0 bridgehead atoms. The summed E-state index contributed by atoms with van der Waals surface area (Å²) >= 11 is 0. The van der Waals surface area contributed by atoms with E-state index >= 15 is 0 Å². The molecule has 1 N–H and O–H groups in total. The van der Waals surface area contributed by atoms with Crippen molar-refractivity contribution in [3.63, 3.8) is 0 Å². The van der Waals surface area contributed by atoms with Crippen molar-refractivity contribution in [2.45, 2.75) is 46.0 Å². The molecule has 0 aromatic heterocycles. The summed E-state index contributed by atoms with van der Waals surface area (Å²) in [6.07, 6.45) is 1.33. The highest BCUT2D eigenvalue weighted by Crippen LogP contribution is 2.00. The number of carbonyl (C=O) groups is 3. The highest BCUT2D eigenvalue weighted by Gasteiger charge is 2.11. The van der Waals surface area contributed by atoms with Gasteiger partial charge in [-0.3, -0.25) is 0 Å². The van der Waals surface area contributed by atoms with E-state index in [0.717, 1.165) is 12.2 Å². The highest BCUT2D eigenvalue weighted by atomic mass is 16.6. The zero-order valence-corrected chi connectivity index (χ0v) is 18.3. The SMILES string of the molecule is C=C(C)C(=O)OCCO.C=CC(=O)OC(C)COCC(C)OCC(C)OC(=O)C=C. The van der Waals surface area contributed by atoms with Crippen molar-refractivity contribution in [3.05, 3.63) is 37.5 Å². The monoisotopic (exact) mass is 430 g/mol. The zero-order valence-electron chi connectivity index (χ0n) is 18.3. The lowest BCUT2D eigenvalue weighted by Crippen LogP contribution is -2.26. The van der Waals surface area contributed by atoms with Gasteiger partial charge in [0.15, 0.2) is 0 Å². The summed E-state index contributed by atoms with van der Waals surface area (Å²) in [4.78, 5) is 32.4. The average molecular weight is 430 g/mol. The molecule has 0 aliphatic carbocycles. The molecule has 30 heavy (non-hydrogen) atoms. The molecule has 172 valence electrons. The van der Waals surface area contributed by atoms with Crippen LogP contribution in [0.2, 0.25) is 0 Å². The molecule has 0 rings (SSSR count). The van der Waals surface area contributed by atoms with Gasteiger partial charge < -0.3 is 28.8 Å². The summed E-state index contributed by atoms with van der Waals surface area (Å²) in [6, 6.07) is 0. The number of esters is 3. The first-order valence-corrected chi connectivity index (χ1v) is 9.36. The average Bonchev–Trinajstić information content (AvgIpc) is 2.70. The van der Waals surface area contributed by atoms with E-state index in [2.05, 4.69) is 24.5 Å². The lowest BCUT2D eigenvalue weighted by molar-refractivity contribution is -0.149. The van der Waals surface area contributed by atoms with Gasteiger partial charge in [0.25, 0.3) is 0 Å². The van der Waals surface area contributed by atoms with Crippen LogP contribution in [0.15, 0.2) is 37.5 Å². The van der Waals surface area contributed by atoms with Gasteiger partial charge in [-0.25, -0.2) is 14.4 Å². The quantitative estimate of drug-likeness (QED) is 0.250. The predicted octanol–water partition coefficient (Wildman–Crippen LogP) is 1.74. The Labute approximate surface area is 178 Å². The zero-order chi connectivity index (χ0) is 23.5. The van der Waals surface area contributed by atoms with Gasteiger partial charge in [0.2, 0.25) is 0 Å². The Hall–Kier alpha value is -2.49. The van der Waals surface area contributed by atoms with E-state index in [4.69, 9.17) is 24.1 Å². The van der Waals surface area contributed by atoms with E-state index in [1.54, 1.807) is 20.8 Å². The minimum atomic E-state index is -0.479. The van der Waals surface area contributed by atoms with Crippen LogP contribution in [0.5, 0.6) is 0 Å². The van der Waals surface area contributed by atoms with E-state index in [1.165, 1.54) is 0 Å². The molecular weight excluding hydrogens is 396 g/mol. The normalized spacial score (nSPS) is 12.8. The number of hydrogen-bond donors (Lipinski definition) is 1. The van der Waals surface area contributed by atoms with Crippen molar-refractivity contribution in [2.24, 2.45) is 0 Å². The topological polar surface area (TPSA) is 118 Å². The number of carbonyl (C=O) groups excluding carboxylic acids is 3. The minimum absolute atomic E-state index is 0.0473. The van der Waals surface area contributed by atoms with Gasteiger partial charge in [0.1, 0.15) is 18.8 Å². The molecule has 0 aliphatic rings. The van der Waals surface area contributed by atoms with Gasteiger partial charge in [-0.05, 0) is 27.7 Å². The Kier molecular flexibility index (Phi) is 18.4. The van der Waals surface area contributed by atoms with E-state index < -0.39 is 17.9 Å². The summed E-state index contributed by atoms with van der Waals surface area (Å²) in [5.41, 5.74) is 0.350. The van der Waals surface area contributed by atoms with Crippen molar-refractivity contribution in [2.75, 3.05) is 33.0 Å². The Morgan fingerprint density at radius 2 is 1.37 bits per heavy atom. The molecule has 0 saturated heterocycles. The standard InChI is InChI=1S/C15H24O6.C6H10O3/c1-6-14(16)20-12(4)9-18-8-11(3)19-10-13(5)21-15(17)7-2;1-5(2)6(8)9-4-3-7/h6-7,11-13H,1-2,8-10H2,3-5H3;7H,1,3-4H2,2H3. The van der Waals surface area contributed by atoms with Crippen LogP contribution in [-0.2, 0) is 38.1 Å². The first-order chi connectivity index (χ1) is 14.1. The van der Waals surface area contributed by atoms with Crippen LogP contribution in [0.25, 0.3) is 0 Å². The molecule has 0 heterocycles. The second kappa shape index (κ2) is 18.5. The largest absolute Gasteiger partial charge is 0.460 e. The molecule has 0 aromatic carbocycles. The third-order valence-electron chi connectivity index (χ3n) is 2.96. The number of hydrogen-bond acceptors (Lipinski definition) is 9. The van der Waals surface area contributed by atoms with Crippen LogP contribution in [0, 0.1) is 0 Å². The Morgan fingerprint density at radius 1 is 0.900 bits per heavy atom. The van der Waals surface area contributed by atoms with Gasteiger partial charge >= 0.3 is 17.9 Å². The number of rotatable bonds is 14. The van der Waals surface area contributed by atoms with Crippen LogP contribution in [0.1, 0.15) is 27.7 Å². The first-order valence-electron chi connectivity index (χ1n) is 9.36. The number of ether oxygens (including phenoxy) is 5. The summed E-state index contributed by atoms with van der Waals surface area (Å²) in [7, 11) is 0. The predicted molar refractivity (Wildman–Crippen MR) is 111 cm³/mol. The Bertz CT molecular complexity index is 557. The fourth-order valence-electron chi connectivity index (χ4n) is 1.57. The maximum atomic E-state index is 11.0.